The summed E-state index contributed by atoms with van der Waals surface area (Å²) in [6.07, 6.45) is 0. The van der Waals surface area contributed by atoms with E-state index in [4.69, 9.17) is 4.74 Å². The summed E-state index contributed by atoms with van der Waals surface area (Å²) in [4.78, 5) is 11.3. The van der Waals surface area contributed by atoms with Gasteiger partial charge in [0.1, 0.15) is 11.6 Å². The summed E-state index contributed by atoms with van der Waals surface area (Å²) < 4.78 is 5.20. The van der Waals surface area contributed by atoms with Gasteiger partial charge < -0.3 is 10.1 Å². The number of aromatic nitrogens is 2. The van der Waals surface area contributed by atoms with Gasteiger partial charge in [0.15, 0.2) is 0 Å². The van der Waals surface area contributed by atoms with Gasteiger partial charge in [-0.2, -0.15) is 0 Å². The lowest BCUT2D eigenvalue weighted by Gasteiger charge is -2.26. The molecule has 1 N–H and O–H groups in total. The second-order valence-corrected chi connectivity index (χ2v) is 4.43. The van der Waals surface area contributed by atoms with E-state index in [1.165, 1.54) is 0 Å². The van der Waals surface area contributed by atoms with Crippen LogP contribution in [0.5, 0.6) is 0 Å². The molecule has 5 nitrogen and oxygen atoms in total. The second kappa shape index (κ2) is 7.28. The van der Waals surface area contributed by atoms with E-state index in [0.717, 1.165) is 37.0 Å². The number of ether oxygens (including phenoxy) is 1. The zero-order valence-corrected chi connectivity index (χ0v) is 12.0. The molecule has 1 unspecified atom stereocenters. The predicted molar refractivity (Wildman–Crippen MR) is 73.7 cm³/mol. The standard InChI is InChI=1S/C13H24N4O/c1-6-17(11(3)9-18-5)8-13-15-10(2)7-12(14-4)16-13/h7,11H,6,8-9H2,1-5H3,(H,14,15,16). The van der Waals surface area contributed by atoms with Crippen LogP contribution in [-0.2, 0) is 11.3 Å². The van der Waals surface area contributed by atoms with E-state index < -0.39 is 0 Å². The summed E-state index contributed by atoms with van der Waals surface area (Å²) in [7, 11) is 3.60. The van der Waals surface area contributed by atoms with Crippen molar-refractivity contribution in [2.24, 2.45) is 0 Å². The van der Waals surface area contributed by atoms with Crippen molar-refractivity contribution in [2.45, 2.75) is 33.4 Å². The van der Waals surface area contributed by atoms with E-state index in [2.05, 4.69) is 34.0 Å². The molecule has 0 saturated heterocycles. The second-order valence-electron chi connectivity index (χ2n) is 4.43. The molecule has 0 aromatic carbocycles. The van der Waals surface area contributed by atoms with Crippen molar-refractivity contribution >= 4 is 5.82 Å². The highest BCUT2D eigenvalue weighted by molar-refractivity contribution is 5.34. The molecule has 0 aliphatic rings. The summed E-state index contributed by atoms with van der Waals surface area (Å²) >= 11 is 0. The zero-order valence-electron chi connectivity index (χ0n) is 12.0. The summed E-state index contributed by atoms with van der Waals surface area (Å²) in [5, 5.41) is 3.06. The molecule has 0 spiro atoms. The molecule has 1 atom stereocenters. The first-order chi connectivity index (χ1) is 8.60. The highest BCUT2D eigenvalue weighted by Crippen LogP contribution is 2.09. The fourth-order valence-electron chi connectivity index (χ4n) is 1.94. The average molecular weight is 252 g/mol. The Morgan fingerprint density at radius 1 is 1.44 bits per heavy atom. The number of likely N-dealkylation sites (N-methyl/N-ethyl adjacent to an activating group) is 1. The fraction of sp³-hybridized carbons (Fsp3) is 0.692. The van der Waals surface area contributed by atoms with E-state index >= 15 is 0 Å². The van der Waals surface area contributed by atoms with Crippen LogP contribution >= 0.6 is 0 Å². The predicted octanol–water partition coefficient (Wildman–Crippen LogP) is 1.68. The Hall–Kier alpha value is -1.20. The zero-order chi connectivity index (χ0) is 13.5. The molecule has 0 amide bonds. The molecule has 0 aliphatic carbocycles. The molecule has 102 valence electrons. The van der Waals surface area contributed by atoms with Crippen molar-refractivity contribution in [3.8, 4) is 0 Å². The number of nitrogens with one attached hydrogen (secondary N) is 1. The topological polar surface area (TPSA) is 50.3 Å². The number of hydrogen-bond donors (Lipinski definition) is 1. The molecule has 18 heavy (non-hydrogen) atoms. The molecule has 5 heteroatoms. The smallest absolute Gasteiger partial charge is 0.144 e. The quantitative estimate of drug-likeness (QED) is 0.800. The Kier molecular flexibility index (Phi) is 6.01. The summed E-state index contributed by atoms with van der Waals surface area (Å²) in [6, 6.07) is 2.31. The van der Waals surface area contributed by atoms with Crippen LogP contribution in [0.1, 0.15) is 25.4 Å². The van der Waals surface area contributed by atoms with Crippen LogP contribution in [0, 0.1) is 6.92 Å². The number of hydrogen-bond acceptors (Lipinski definition) is 5. The van der Waals surface area contributed by atoms with Gasteiger partial charge in [0, 0.05) is 32.0 Å². The number of nitrogens with zero attached hydrogens (tertiary/aromatic N) is 3. The van der Waals surface area contributed by atoms with Crippen LogP contribution in [0.15, 0.2) is 6.07 Å². The lowest BCUT2D eigenvalue weighted by Crippen LogP contribution is -2.36. The van der Waals surface area contributed by atoms with Crippen molar-refractivity contribution in [3.63, 3.8) is 0 Å². The first kappa shape index (κ1) is 14.9. The Morgan fingerprint density at radius 3 is 2.72 bits per heavy atom. The monoisotopic (exact) mass is 252 g/mol. The first-order valence-electron chi connectivity index (χ1n) is 6.36. The molecule has 0 aliphatic heterocycles. The van der Waals surface area contributed by atoms with Gasteiger partial charge in [-0.15, -0.1) is 0 Å². The highest BCUT2D eigenvalue weighted by atomic mass is 16.5. The molecule has 1 aromatic rings. The Morgan fingerprint density at radius 2 is 2.17 bits per heavy atom. The fourth-order valence-corrected chi connectivity index (χ4v) is 1.94. The van der Waals surface area contributed by atoms with Crippen LogP contribution in [-0.4, -0.2) is 48.2 Å². The van der Waals surface area contributed by atoms with Crippen LogP contribution in [0.4, 0.5) is 5.82 Å². The molecular formula is C13H24N4O. The van der Waals surface area contributed by atoms with Crippen molar-refractivity contribution in [1.82, 2.24) is 14.9 Å². The largest absolute Gasteiger partial charge is 0.383 e. The van der Waals surface area contributed by atoms with Crippen molar-refractivity contribution in [3.05, 3.63) is 17.6 Å². The number of rotatable bonds is 7. The average Bonchev–Trinajstić information content (AvgIpc) is 2.35. The summed E-state index contributed by atoms with van der Waals surface area (Å²) in [5.41, 5.74) is 0.986. The summed E-state index contributed by atoms with van der Waals surface area (Å²) in [6.45, 7) is 8.70. The van der Waals surface area contributed by atoms with Crippen LogP contribution in [0.3, 0.4) is 0 Å². The van der Waals surface area contributed by atoms with Gasteiger partial charge in [-0.3, -0.25) is 4.90 Å². The van der Waals surface area contributed by atoms with Crippen molar-refractivity contribution in [1.29, 1.82) is 0 Å². The number of anilines is 1. The van der Waals surface area contributed by atoms with Crippen molar-refractivity contribution < 1.29 is 4.74 Å². The van der Waals surface area contributed by atoms with E-state index in [1.807, 2.05) is 20.0 Å². The van der Waals surface area contributed by atoms with Gasteiger partial charge in [0.05, 0.1) is 13.2 Å². The third kappa shape index (κ3) is 4.23. The molecule has 1 aromatic heterocycles. The minimum Gasteiger partial charge on any atom is -0.383 e. The Balaban J connectivity index is 2.77. The van der Waals surface area contributed by atoms with Gasteiger partial charge in [-0.1, -0.05) is 6.92 Å². The maximum Gasteiger partial charge on any atom is 0.144 e. The van der Waals surface area contributed by atoms with Crippen LogP contribution in [0.2, 0.25) is 0 Å². The molecule has 1 heterocycles. The molecule has 1 rings (SSSR count). The Labute approximate surface area is 110 Å². The van der Waals surface area contributed by atoms with E-state index in [-0.39, 0.29) is 0 Å². The van der Waals surface area contributed by atoms with Crippen LogP contribution < -0.4 is 5.32 Å². The van der Waals surface area contributed by atoms with Gasteiger partial charge in [0.2, 0.25) is 0 Å². The molecule has 0 fully saturated rings. The summed E-state index contributed by atoms with van der Waals surface area (Å²) in [5.74, 6) is 1.72. The highest BCUT2D eigenvalue weighted by Gasteiger charge is 2.14. The van der Waals surface area contributed by atoms with Gasteiger partial charge in [-0.05, 0) is 20.4 Å². The third-order valence-electron chi connectivity index (χ3n) is 2.94. The van der Waals surface area contributed by atoms with Gasteiger partial charge >= 0.3 is 0 Å². The van der Waals surface area contributed by atoms with Gasteiger partial charge in [0.25, 0.3) is 0 Å². The first-order valence-corrected chi connectivity index (χ1v) is 6.36. The number of aryl methyl sites for hydroxylation is 1. The van der Waals surface area contributed by atoms with Crippen LogP contribution in [0.25, 0.3) is 0 Å². The lowest BCUT2D eigenvalue weighted by atomic mass is 10.3. The third-order valence-corrected chi connectivity index (χ3v) is 2.94. The maximum atomic E-state index is 5.20. The van der Waals surface area contributed by atoms with Gasteiger partial charge in [-0.25, -0.2) is 9.97 Å². The molecule has 0 bridgehead atoms. The SMILES string of the molecule is CCN(Cc1nc(C)cc(NC)n1)C(C)COC. The normalized spacial score (nSPS) is 12.8. The van der Waals surface area contributed by atoms with Crippen molar-refractivity contribution in [2.75, 3.05) is 32.6 Å². The minimum atomic E-state index is 0.363. The molecule has 0 radical (unpaired) electrons. The number of methoxy groups -OCH3 is 1. The minimum absolute atomic E-state index is 0.363. The maximum absolute atomic E-state index is 5.20. The molecule has 0 saturated carbocycles. The Bertz CT molecular complexity index is 370. The van der Waals surface area contributed by atoms with E-state index in [9.17, 15) is 0 Å². The molecular weight excluding hydrogens is 228 g/mol. The lowest BCUT2D eigenvalue weighted by molar-refractivity contribution is 0.0965. The van der Waals surface area contributed by atoms with E-state index in [1.54, 1.807) is 7.11 Å². The van der Waals surface area contributed by atoms with E-state index in [0.29, 0.717) is 6.04 Å².